The van der Waals surface area contributed by atoms with Gasteiger partial charge in [0, 0.05) is 27.2 Å². The van der Waals surface area contributed by atoms with Crippen molar-refractivity contribution in [2.75, 3.05) is 27.4 Å². The third kappa shape index (κ3) is 5.81. The lowest BCUT2D eigenvalue weighted by Gasteiger charge is -2.06. The molecule has 1 unspecified atom stereocenters. The van der Waals surface area contributed by atoms with Crippen LogP contribution in [0.3, 0.4) is 0 Å². The van der Waals surface area contributed by atoms with Crippen LogP contribution >= 0.6 is 0 Å². The molecule has 5 heteroatoms. The number of aryl methyl sites for hydroxylation is 1. The van der Waals surface area contributed by atoms with Crippen molar-refractivity contribution in [1.29, 1.82) is 0 Å². The average Bonchev–Trinajstić information content (AvgIpc) is 2.79. The summed E-state index contributed by atoms with van der Waals surface area (Å²) in [5.41, 5.74) is 0. The summed E-state index contributed by atoms with van der Waals surface area (Å²) in [6, 6.07) is 0. The molecule has 0 aliphatic carbocycles. The number of ether oxygens (including phenoxy) is 2. The predicted octanol–water partition coefficient (Wildman–Crippen LogP) is 1.38. The maximum Gasteiger partial charge on any atom is 0.208 e. The van der Waals surface area contributed by atoms with Crippen LogP contribution in [0.2, 0.25) is 0 Å². The van der Waals surface area contributed by atoms with E-state index in [1.165, 1.54) is 0 Å². The van der Waals surface area contributed by atoms with Crippen molar-refractivity contribution >= 4 is 0 Å². The Morgan fingerprint density at radius 3 is 3.00 bits per heavy atom. The molecule has 1 aromatic heterocycles. The zero-order chi connectivity index (χ0) is 12.5. The van der Waals surface area contributed by atoms with Crippen molar-refractivity contribution in [3.8, 4) is 0 Å². The quantitative estimate of drug-likeness (QED) is 0.663. The second-order valence-corrected chi connectivity index (χ2v) is 3.97. The van der Waals surface area contributed by atoms with E-state index < -0.39 is 0 Å². The van der Waals surface area contributed by atoms with E-state index in [9.17, 15) is 0 Å². The first-order valence-electron chi connectivity index (χ1n) is 5.92. The second kappa shape index (κ2) is 8.22. The molecule has 0 fully saturated rings. The Labute approximate surface area is 103 Å². The number of aromatic nitrogens is 1. The molecule has 1 aromatic rings. The smallest absolute Gasteiger partial charge is 0.208 e. The summed E-state index contributed by atoms with van der Waals surface area (Å²) in [6.07, 6.45) is 3.85. The Hall–Kier alpha value is -0.910. The molecule has 0 amide bonds. The summed E-state index contributed by atoms with van der Waals surface area (Å²) in [5, 5.41) is 3.19. The van der Waals surface area contributed by atoms with Gasteiger partial charge in [0.2, 0.25) is 5.89 Å². The number of nitrogens with one attached hydrogen (secondary N) is 1. The molecule has 98 valence electrons. The van der Waals surface area contributed by atoms with Gasteiger partial charge in [-0.15, -0.1) is 0 Å². The number of nitrogens with zero attached hydrogens (tertiary/aromatic N) is 1. The molecule has 0 saturated heterocycles. The second-order valence-electron chi connectivity index (χ2n) is 3.97. The normalized spacial score (nSPS) is 12.9. The minimum Gasteiger partial charge on any atom is -0.444 e. The Balaban J connectivity index is 2.22. The van der Waals surface area contributed by atoms with Crippen LogP contribution in [-0.4, -0.2) is 38.5 Å². The van der Waals surface area contributed by atoms with E-state index in [1.54, 1.807) is 20.4 Å². The van der Waals surface area contributed by atoms with Crippen molar-refractivity contribution < 1.29 is 13.9 Å². The molecule has 1 heterocycles. The Kier molecular flexibility index (Phi) is 6.84. The molecular weight excluding hydrogens is 220 g/mol. The van der Waals surface area contributed by atoms with Gasteiger partial charge in [0.15, 0.2) is 0 Å². The molecule has 0 aliphatic heterocycles. The van der Waals surface area contributed by atoms with Crippen LogP contribution < -0.4 is 5.32 Å². The molecule has 17 heavy (non-hydrogen) atoms. The van der Waals surface area contributed by atoms with Gasteiger partial charge in [0.05, 0.1) is 25.5 Å². The Morgan fingerprint density at radius 2 is 2.29 bits per heavy atom. The van der Waals surface area contributed by atoms with Gasteiger partial charge < -0.3 is 19.2 Å². The van der Waals surface area contributed by atoms with Crippen LogP contribution in [0.4, 0.5) is 0 Å². The summed E-state index contributed by atoms with van der Waals surface area (Å²) in [7, 11) is 3.40. The summed E-state index contributed by atoms with van der Waals surface area (Å²) in [6.45, 7) is 4.18. The summed E-state index contributed by atoms with van der Waals surface area (Å²) in [4.78, 5) is 4.21. The summed E-state index contributed by atoms with van der Waals surface area (Å²) >= 11 is 0. The van der Waals surface area contributed by atoms with E-state index in [0.29, 0.717) is 13.2 Å². The van der Waals surface area contributed by atoms with Gasteiger partial charge in [0.25, 0.3) is 0 Å². The molecule has 0 aromatic carbocycles. The van der Waals surface area contributed by atoms with E-state index >= 15 is 0 Å². The van der Waals surface area contributed by atoms with Crippen LogP contribution in [0, 0.1) is 0 Å². The SMILES string of the molecule is COCCNCc1ncc(CCC(C)OC)o1. The predicted molar refractivity (Wildman–Crippen MR) is 64.9 cm³/mol. The molecular formula is C12H22N2O3. The van der Waals surface area contributed by atoms with Crippen molar-refractivity contribution in [3.63, 3.8) is 0 Å². The topological polar surface area (TPSA) is 56.5 Å². The first-order chi connectivity index (χ1) is 8.26. The largest absolute Gasteiger partial charge is 0.444 e. The van der Waals surface area contributed by atoms with Gasteiger partial charge in [-0.25, -0.2) is 4.98 Å². The summed E-state index contributed by atoms with van der Waals surface area (Å²) < 4.78 is 15.7. The Morgan fingerprint density at radius 1 is 1.47 bits per heavy atom. The lowest BCUT2D eigenvalue weighted by Crippen LogP contribution is -2.18. The van der Waals surface area contributed by atoms with E-state index in [0.717, 1.165) is 31.0 Å². The molecule has 0 radical (unpaired) electrons. The molecule has 1 atom stereocenters. The third-order valence-corrected chi connectivity index (χ3v) is 2.56. The summed E-state index contributed by atoms with van der Waals surface area (Å²) in [5.74, 6) is 1.64. The fraction of sp³-hybridized carbons (Fsp3) is 0.750. The fourth-order valence-corrected chi connectivity index (χ4v) is 1.38. The number of hydrogen-bond acceptors (Lipinski definition) is 5. The van der Waals surface area contributed by atoms with Crippen molar-refractivity contribution in [1.82, 2.24) is 10.3 Å². The van der Waals surface area contributed by atoms with Crippen LogP contribution in [-0.2, 0) is 22.4 Å². The lowest BCUT2D eigenvalue weighted by molar-refractivity contribution is 0.110. The van der Waals surface area contributed by atoms with E-state index in [1.807, 2.05) is 6.92 Å². The molecule has 0 bridgehead atoms. The molecule has 5 nitrogen and oxygen atoms in total. The van der Waals surface area contributed by atoms with Gasteiger partial charge in [-0.1, -0.05) is 0 Å². The highest BCUT2D eigenvalue weighted by molar-refractivity contribution is 4.94. The van der Waals surface area contributed by atoms with E-state index in [2.05, 4.69) is 10.3 Å². The van der Waals surface area contributed by atoms with Crippen molar-refractivity contribution in [2.45, 2.75) is 32.4 Å². The number of oxazole rings is 1. The van der Waals surface area contributed by atoms with Crippen LogP contribution in [0.5, 0.6) is 0 Å². The maximum absolute atomic E-state index is 5.59. The minimum absolute atomic E-state index is 0.253. The zero-order valence-electron chi connectivity index (χ0n) is 10.9. The number of hydrogen-bond donors (Lipinski definition) is 1. The lowest BCUT2D eigenvalue weighted by atomic mass is 10.2. The van der Waals surface area contributed by atoms with Gasteiger partial charge in [-0.3, -0.25) is 0 Å². The van der Waals surface area contributed by atoms with Gasteiger partial charge >= 0.3 is 0 Å². The molecule has 0 saturated carbocycles. The standard InChI is InChI=1S/C12H22N2O3/c1-10(16-3)4-5-11-8-14-12(17-11)9-13-6-7-15-2/h8,10,13H,4-7,9H2,1-3H3. The molecule has 0 spiro atoms. The Bertz CT molecular complexity index is 302. The highest BCUT2D eigenvalue weighted by atomic mass is 16.5. The van der Waals surface area contributed by atoms with E-state index in [-0.39, 0.29) is 6.10 Å². The first-order valence-corrected chi connectivity index (χ1v) is 5.92. The van der Waals surface area contributed by atoms with Crippen LogP contribution in [0.1, 0.15) is 25.0 Å². The highest BCUT2D eigenvalue weighted by Gasteiger charge is 2.06. The molecule has 1 N–H and O–H groups in total. The van der Waals surface area contributed by atoms with Gasteiger partial charge in [0.1, 0.15) is 5.76 Å². The van der Waals surface area contributed by atoms with Crippen LogP contribution in [0.15, 0.2) is 10.6 Å². The molecule has 0 aliphatic rings. The first kappa shape index (κ1) is 14.2. The highest BCUT2D eigenvalue weighted by Crippen LogP contribution is 2.08. The maximum atomic E-state index is 5.59. The van der Waals surface area contributed by atoms with Gasteiger partial charge in [-0.05, 0) is 13.3 Å². The average molecular weight is 242 g/mol. The zero-order valence-corrected chi connectivity index (χ0v) is 10.9. The monoisotopic (exact) mass is 242 g/mol. The number of rotatable bonds is 9. The van der Waals surface area contributed by atoms with Crippen LogP contribution in [0.25, 0.3) is 0 Å². The van der Waals surface area contributed by atoms with Crippen molar-refractivity contribution in [3.05, 3.63) is 17.8 Å². The number of methoxy groups -OCH3 is 2. The van der Waals surface area contributed by atoms with Gasteiger partial charge in [-0.2, -0.15) is 0 Å². The fourth-order valence-electron chi connectivity index (χ4n) is 1.38. The van der Waals surface area contributed by atoms with E-state index in [4.69, 9.17) is 13.9 Å². The van der Waals surface area contributed by atoms with Crippen molar-refractivity contribution in [2.24, 2.45) is 0 Å². The minimum atomic E-state index is 0.253. The molecule has 1 rings (SSSR count). The third-order valence-electron chi connectivity index (χ3n) is 2.56.